The lowest BCUT2D eigenvalue weighted by Gasteiger charge is -2.33. The van der Waals surface area contributed by atoms with E-state index >= 15 is 0 Å². The summed E-state index contributed by atoms with van der Waals surface area (Å²) in [6.45, 7) is 4.99. The van der Waals surface area contributed by atoms with Crippen LogP contribution >= 0.6 is 0 Å². The molecule has 35 heavy (non-hydrogen) atoms. The van der Waals surface area contributed by atoms with Crippen molar-refractivity contribution in [3.63, 3.8) is 0 Å². The molecular formula is C28H29NO6. The number of carbonyl (C=O) groups is 3. The van der Waals surface area contributed by atoms with Gasteiger partial charge in [-0.1, -0.05) is 36.4 Å². The van der Waals surface area contributed by atoms with Crippen LogP contribution in [-0.4, -0.2) is 42.8 Å². The number of esters is 1. The first-order chi connectivity index (χ1) is 16.9. The number of aldehydes is 1. The number of fused-ring (bicyclic) bond motifs is 1. The maximum absolute atomic E-state index is 13.3. The fraction of sp³-hybridized carbons (Fsp3) is 0.357. The summed E-state index contributed by atoms with van der Waals surface area (Å²) in [5, 5.41) is 0.729. The molecule has 182 valence electrons. The van der Waals surface area contributed by atoms with E-state index in [4.69, 9.17) is 9.15 Å². The summed E-state index contributed by atoms with van der Waals surface area (Å²) in [6, 6.07) is 14.4. The minimum atomic E-state index is -1.02. The predicted octanol–water partition coefficient (Wildman–Crippen LogP) is 4.24. The Morgan fingerprint density at radius 1 is 1.17 bits per heavy atom. The molecule has 0 radical (unpaired) electrons. The van der Waals surface area contributed by atoms with Gasteiger partial charge in [-0.3, -0.25) is 9.59 Å². The van der Waals surface area contributed by atoms with E-state index in [1.54, 1.807) is 30.0 Å². The van der Waals surface area contributed by atoms with Crippen LogP contribution in [0.15, 0.2) is 57.7 Å². The number of likely N-dealkylation sites (tertiary alicyclic amines) is 1. The monoisotopic (exact) mass is 475 g/mol. The number of hydrogen-bond donors (Lipinski definition) is 0. The third-order valence-electron chi connectivity index (χ3n) is 6.56. The number of piperidine rings is 1. The fourth-order valence-electron chi connectivity index (χ4n) is 4.83. The van der Waals surface area contributed by atoms with Crippen molar-refractivity contribution in [2.45, 2.75) is 39.0 Å². The second-order valence-corrected chi connectivity index (χ2v) is 8.97. The van der Waals surface area contributed by atoms with Gasteiger partial charge in [-0.15, -0.1) is 0 Å². The Kier molecular flexibility index (Phi) is 7.44. The van der Waals surface area contributed by atoms with Crippen LogP contribution in [0.2, 0.25) is 0 Å². The van der Waals surface area contributed by atoms with E-state index < -0.39 is 11.5 Å². The molecule has 1 aliphatic rings. The first-order valence-corrected chi connectivity index (χ1v) is 11.9. The van der Waals surface area contributed by atoms with Gasteiger partial charge in [0.1, 0.15) is 17.8 Å². The standard InChI is InChI=1S/C28H29NO6/c1-3-34-26(31)13-19-8-6-12-29(16-19)28(33)24(17-30)20-10-11-22-23(15-27(32)35-25(22)14-20)21-9-5-4-7-18(21)2/h4-5,7,9-11,14-15,17,19,24H,3,6,8,12-13,16H2,1-2H3. The summed E-state index contributed by atoms with van der Waals surface area (Å²) < 4.78 is 10.5. The highest BCUT2D eigenvalue weighted by Gasteiger charge is 2.31. The van der Waals surface area contributed by atoms with Gasteiger partial charge in [0.15, 0.2) is 0 Å². The second kappa shape index (κ2) is 10.7. The van der Waals surface area contributed by atoms with Gasteiger partial charge in [-0.25, -0.2) is 4.79 Å². The molecule has 0 spiro atoms. The number of rotatable bonds is 7. The number of aryl methyl sites for hydroxylation is 1. The largest absolute Gasteiger partial charge is 0.466 e. The summed E-state index contributed by atoms with van der Waals surface area (Å²) in [6.07, 6.45) is 2.47. The Labute approximate surface area is 203 Å². The quantitative estimate of drug-likeness (QED) is 0.220. The maximum atomic E-state index is 13.3. The minimum Gasteiger partial charge on any atom is -0.466 e. The molecule has 3 aromatic rings. The van der Waals surface area contributed by atoms with Crippen LogP contribution in [0.1, 0.15) is 43.2 Å². The Morgan fingerprint density at radius 3 is 2.71 bits per heavy atom. The van der Waals surface area contributed by atoms with Crippen molar-refractivity contribution in [1.82, 2.24) is 4.90 Å². The number of nitrogens with zero attached hydrogens (tertiary/aromatic N) is 1. The number of carbonyl (C=O) groups excluding carboxylic acids is 3. The predicted molar refractivity (Wildman–Crippen MR) is 132 cm³/mol. The topological polar surface area (TPSA) is 93.9 Å². The van der Waals surface area contributed by atoms with Crippen LogP contribution in [0.4, 0.5) is 0 Å². The third kappa shape index (κ3) is 5.34. The Hall–Kier alpha value is -3.74. The molecule has 1 aliphatic heterocycles. The van der Waals surface area contributed by atoms with Crippen LogP contribution in [-0.2, 0) is 19.1 Å². The van der Waals surface area contributed by atoms with Gasteiger partial charge in [0.05, 0.1) is 13.0 Å². The average molecular weight is 476 g/mol. The molecule has 2 heterocycles. The van der Waals surface area contributed by atoms with Gasteiger partial charge in [0, 0.05) is 30.1 Å². The van der Waals surface area contributed by atoms with Gasteiger partial charge >= 0.3 is 11.6 Å². The molecular weight excluding hydrogens is 446 g/mol. The van der Waals surface area contributed by atoms with Crippen molar-refractivity contribution in [1.29, 1.82) is 0 Å². The first-order valence-electron chi connectivity index (χ1n) is 11.9. The molecule has 1 fully saturated rings. The first kappa shape index (κ1) is 24.4. The lowest BCUT2D eigenvalue weighted by Crippen LogP contribution is -2.43. The minimum absolute atomic E-state index is 0.00495. The van der Waals surface area contributed by atoms with Gasteiger partial charge in [0.25, 0.3) is 0 Å². The van der Waals surface area contributed by atoms with Crippen LogP contribution in [0.25, 0.3) is 22.1 Å². The zero-order valence-electron chi connectivity index (χ0n) is 20.0. The van der Waals surface area contributed by atoms with Crippen LogP contribution < -0.4 is 5.63 Å². The van der Waals surface area contributed by atoms with Gasteiger partial charge in [-0.05, 0) is 55.4 Å². The molecule has 1 saturated heterocycles. The van der Waals surface area contributed by atoms with Crippen molar-refractivity contribution in [3.8, 4) is 11.1 Å². The van der Waals surface area contributed by atoms with Crippen LogP contribution in [0.3, 0.4) is 0 Å². The maximum Gasteiger partial charge on any atom is 0.336 e. The molecule has 0 N–H and O–H groups in total. The zero-order valence-corrected chi connectivity index (χ0v) is 20.0. The molecule has 4 rings (SSSR count). The van der Waals surface area contributed by atoms with Crippen molar-refractivity contribution in [3.05, 3.63) is 70.1 Å². The second-order valence-electron chi connectivity index (χ2n) is 8.97. The van der Waals surface area contributed by atoms with Crippen LogP contribution in [0, 0.1) is 12.8 Å². The van der Waals surface area contributed by atoms with Gasteiger partial charge in [-0.2, -0.15) is 0 Å². The summed E-state index contributed by atoms with van der Waals surface area (Å²) in [5.41, 5.74) is 2.98. The highest BCUT2D eigenvalue weighted by atomic mass is 16.5. The number of amides is 1. The van der Waals surface area contributed by atoms with Crippen molar-refractivity contribution < 1.29 is 23.5 Å². The highest BCUT2D eigenvalue weighted by molar-refractivity contribution is 6.00. The van der Waals surface area contributed by atoms with Crippen molar-refractivity contribution in [2.24, 2.45) is 5.92 Å². The zero-order chi connectivity index (χ0) is 24.9. The molecule has 1 amide bonds. The molecule has 7 heteroatoms. The number of ether oxygens (including phenoxy) is 1. The van der Waals surface area contributed by atoms with E-state index in [1.807, 2.05) is 31.2 Å². The molecule has 0 bridgehead atoms. The van der Waals surface area contributed by atoms with Crippen molar-refractivity contribution >= 4 is 29.1 Å². The lowest BCUT2D eigenvalue weighted by atomic mass is 9.91. The van der Waals surface area contributed by atoms with E-state index in [1.165, 1.54) is 6.07 Å². The Morgan fingerprint density at radius 2 is 1.97 bits per heavy atom. The Balaban J connectivity index is 1.62. The highest BCUT2D eigenvalue weighted by Crippen LogP contribution is 2.32. The third-order valence-corrected chi connectivity index (χ3v) is 6.56. The molecule has 0 aliphatic carbocycles. The normalized spacial score (nSPS) is 16.6. The number of benzene rings is 2. The van der Waals surface area contributed by atoms with Gasteiger partial charge in [0.2, 0.25) is 5.91 Å². The lowest BCUT2D eigenvalue weighted by molar-refractivity contribution is -0.146. The smallest absolute Gasteiger partial charge is 0.336 e. The van der Waals surface area contributed by atoms with Crippen LogP contribution in [0.5, 0.6) is 0 Å². The molecule has 2 atom stereocenters. The SMILES string of the molecule is CCOC(=O)CC1CCCN(C(=O)C(C=O)c2ccc3c(-c4ccccc4C)cc(=O)oc3c2)C1. The molecule has 1 aromatic heterocycles. The average Bonchev–Trinajstić information content (AvgIpc) is 2.84. The molecule has 2 aromatic carbocycles. The van der Waals surface area contributed by atoms with E-state index in [0.717, 1.165) is 34.9 Å². The summed E-state index contributed by atoms with van der Waals surface area (Å²) in [5.74, 6) is -1.60. The van der Waals surface area contributed by atoms with Crippen molar-refractivity contribution in [2.75, 3.05) is 19.7 Å². The molecule has 0 saturated carbocycles. The Bertz CT molecular complexity index is 1310. The van der Waals surface area contributed by atoms with E-state index in [2.05, 4.69) is 0 Å². The van der Waals surface area contributed by atoms with E-state index in [9.17, 15) is 19.2 Å². The summed E-state index contributed by atoms with van der Waals surface area (Å²) >= 11 is 0. The number of hydrogen-bond acceptors (Lipinski definition) is 6. The summed E-state index contributed by atoms with van der Waals surface area (Å²) in [4.78, 5) is 51.2. The summed E-state index contributed by atoms with van der Waals surface area (Å²) in [7, 11) is 0. The van der Waals surface area contributed by atoms with Gasteiger partial charge < -0.3 is 18.8 Å². The molecule has 2 unspecified atom stereocenters. The molecule has 7 nitrogen and oxygen atoms in total. The van der Waals surface area contributed by atoms with E-state index in [-0.39, 0.29) is 24.2 Å². The fourth-order valence-corrected chi connectivity index (χ4v) is 4.83. The van der Waals surface area contributed by atoms with E-state index in [0.29, 0.717) is 37.1 Å².